The topological polar surface area (TPSA) is 97.4 Å². The summed E-state index contributed by atoms with van der Waals surface area (Å²) in [6.07, 6.45) is 0.917. The van der Waals surface area contributed by atoms with Gasteiger partial charge in [0.1, 0.15) is 0 Å². The van der Waals surface area contributed by atoms with Crippen molar-refractivity contribution in [2.75, 3.05) is 17.2 Å². The van der Waals surface area contributed by atoms with Gasteiger partial charge >= 0.3 is 5.97 Å². The highest BCUT2D eigenvalue weighted by Gasteiger charge is 2.14. The van der Waals surface area contributed by atoms with Gasteiger partial charge in [-0.15, -0.1) is 11.3 Å². The Labute approximate surface area is 143 Å². The van der Waals surface area contributed by atoms with Crippen LogP contribution in [0.3, 0.4) is 0 Å². The number of ether oxygens (including phenoxy) is 1. The molecule has 2 rings (SSSR count). The summed E-state index contributed by atoms with van der Waals surface area (Å²) >= 11 is 1.10. The molecule has 0 atom stereocenters. The minimum Gasteiger partial charge on any atom is -0.451 e. The molecule has 0 fully saturated rings. The molecule has 24 heavy (non-hydrogen) atoms. The Balaban J connectivity index is 1.83. The van der Waals surface area contributed by atoms with Crippen molar-refractivity contribution in [2.45, 2.75) is 20.3 Å². The zero-order valence-electron chi connectivity index (χ0n) is 13.3. The standard InChI is InChI=1S/C16H17N3O4S/c1-3-11-4-6-12(7-5-11)18-14(21)8-23-15(22)13-9-24-16(19-13)17-10(2)20/h4-7,9H,3,8H2,1-2H3,(H,18,21)(H,17,19,20). The van der Waals surface area contributed by atoms with Crippen LogP contribution in [0.25, 0.3) is 0 Å². The summed E-state index contributed by atoms with van der Waals surface area (Å²) in [7, 11) is 0. The third kappa shape index (κ3) is 5.17. The second-order valence-corrected chi connectivity index (χ2v) is 5.75. The zero-order chi connectivity index (χ0) is 17.5. The van der Waals surface area contributed by atoms with Gasteiger partial charge in [0.25, 0.3) is 5.91 Å². The first kappa shape index (κ1) is 17.6. The van der Waals surface area contributed by atoms with E-state index in [0.29, 0.717) is 10.8 Å². The molecular weight excluding hydrogens is 330 g/mol. The molecule has 126 valence electrons. The van der Waals surface area contributed by atoms with Gasteiger partial charge in [-0.1, -0.05) is 19.1 Å². The summed E-state index contributed by atoms with van der Waals surface area (Å²) in [5.74, 6) is -1.44. The lowest BCUT2D eigenvalue weighted by Crippen LogP contribution is -2.21. The van der Waals surface area contributed by atoms with Crippen molar-refractivity contribution in [1.82, 2.24) is 4.98 Å². The van der Waals surface area contributed by atoms with Crippen LogP contribution in [0.15, 0.2) is 29.6 Å². The number of aryl methyl sites for hydroxylation is 1. The van der Waals surface area contributed by atoms with Gasteiger partial charge in [0, 0.05) is 18.0 Å². The number of hydrogen-bond acceptors (Lipinski definition) is 6. The highest BCUT2D eigenvalue weighted by Crippen LogP contribution is 2.16. The second kappa shape index (κ2) is 8.21. The van der Waals surface area contributed by atoms with Gasteiger partial charge in [0.05, 0.1) is 0 Å². The van der Waals surface area contributed by atoms with Gasteiger partial charge in [-0.05, 0) is 24.1 Å². The van der Waals surface area contributed by atoms with Crippen molar-refractivity contribution < 1.29 is 19.1 Å². The summed E-state index contributed by atoms with van der Waals surface area (Å²) in [6.45, 7) is 2.97. The molecule has 0 saturated carbocycles. The van der Waals surface area contributed by atoms with Crippen LogP contribution in [0, 0.1) is 0 Å². The van der Waals surface area contributed by atoms with Crippen molar-refractivity contribution >= 4 is 39.9 Å². The third-order valence-corrected chi connectivity index (χ3v) is 3.73. The van der Waals surface area contributed by atoms with E-state index in [2.05, 4.69) is 15.6 Å². The van der Waals surface area contributed by atoms with Crippen molar-refractivity contribution in [3.05, 3.63) is 40.9 Å². The Bertz CT molecular complexity index is 740. The lowest BCUT2D eigenvalue weighted by Gasteiger charge is -2.06. The number of amides is 2. The maximum Gasteiger partial charge on any atom is 0.358 e. The van der Waals surface area contributed by atoms with E-state index in [-0.39, 0.29) is 11.6 Å². The molecule has 2 amide bonds. The predicted octanol–water partition coefficient (Wildman–Crippen LogP) is 2.46. The highest BCUT2D eigenvalue weighted by atomic mass is 32.1. The van der Waals surface area contributed by atoms with E-state index in [0.717, 1.165) is 23.3 Å². The molecule has 2 aromatic rings. The average molecular weight is 347 g/mol. The molecule has 7 nitrogen and oxygen atoms in total. The first-order chi connectivity index (χ1) is 11.5. The Morgan fingerprint density at radius 2 is 1.88 bits per heavy atom. The molecule has 0 spiro atoms. The van der Waals surface area contributed by atoms with Crippen LogP contribution in [0.5, 0.6) is 0 Å². The number of hydrogen-bond donors (Lipinski definition) is 2. The molecule has 0 aliphatic heterocycles. The summed E-state index contributed by atoms with van der Waals surface area (Å²) in [4.78, 5) is 38.4. The summed E-state index contributed by atoms with van der Waals surface area (Å²) in [6, 6.07) is 7.41. The predicted molar refractivity (Wildman–Crippen MR) is 91.1 cm³/mol. The number of nitrogens with one attached hydrogen (secondary N) is 2. The van der Waals surface area contributed by atoms with Gasteiger partial charge in [0.2, 0.25) is 5.91 Å². The lowest BCUT2D eigenvalue weighted by molar-refractivity contribution is -0.119. The van der Waals surface area contributed by atoms with Gasteiger partial charge in [0.15, 0.2) is 17.4 Å². The van der Waals surface area contributed by atoms with Gasteiger partial charge < -0.3 is 15.4 Å². The number of benzene rings is 1. The van der Waals surface area contributed by atoms with Crippen LogP contribution in [0.1, 0.15) is 29.9 Å². The largest absolute Gasteiger partial charge is 0.451 e. The third-order valence-electron chi connectivity index (χ3n) is 2.98. The Kier molecular flexibility index (Phi) is 6.02. The highest BCUT2D eigenvalue weighted by molar-refractivity contribution is 7.14. The van der Waals surface area contributed by atoms with E-state index in [4.69, 9.17) is 4.74 Å². The zero-order valence-corrected chi connectivity index (χ0v) is 14.1. The number of nitrogens with zero attached hydrogens (tertiary/aromatic N) is 1. The summed E-state index contributed by atoms with van der Waals surface area (Å²) in [5, 5.41) is 6.86. The van der Waals surface area contributed by atoms with Crippen LogP contribution in [0.2, 0.25) is 0 Å². The molecule has 8 heteroatoms. The van der Waals surface area contributed by atoms with E-state index in [1.807, 2.05) is 19.1 Å². The molecule has 1 heterocycles. The van der Waals surface area contributed by atoms with Crippen molar-refractivity contribution in [3.8, 4) is 0 Å². The monoisotopic (exact) mass is 347 g/mol. The number of thiazole rings is 1. The minimum atomic E-state index is -0.723. The molecule has 0 unspecified atom stereocenters. The Morgan fingerprint density at radius 3 is 2.50 bits per heavy atom. The number of carbonyl (C=O) groups is 3. The molecule has 0 radical (unpaired) electrons. The number of rotatable bonds is 6. The van der Waals surface area contributed by atoms with E-state index in [9.17, 15) is 14.4 Å². The van der Waals surface area contributed by atoms with E-state index >= 15 is 0 Å². The number of esters is 1. The van der Waals surface area contributed by atoms with E-state index in [1.54, 1.807) is 12.1 Å². The molecule has 0 aliphatic carbocycles. The smallest absolute Gasteiger partial charge is 0.358 e. The van der Waals surface area contributed by atoms with Crippen LogP contribution in [0.4, 0.5) is 10.8 Å². The molecule has 1 aromatic heterocycles. The van der Waals surface area contributed by atoms with Crippen LogP contribution < -0.4 is 10.6 Å². The average Bonchev–Trinajstić information content (AvgIpc) is 3.01. The van der Waals surface area contributed by atoms with Crippen molar-refractivity contribution in [3.63, 3.8) is 0 Å². The summed E-state index contributed by atoms with van der Waals surface area (Å²) < 4.78 is 4.91. The number of anilines is 2. The number of aromatic nitrogens is 1. The Morgan fingerprint density at radius 1 is 1.17 bits per heavy atom. The van der Waals surface area contributed by atoms with Crippen molar-refractivity contribution in [2.24, 2.45) is 0 Å². The normalized spacial score (nSPS) is 10.1. The molecule has 2 N–H and O–H groups in total. The molecule has 1 aromatic carbocycles. The SMILES string of the molecule is CCc1ccc(NC(=O)COC(=O)c2csc(NC(C)=O)n2)cc1. The summed E-state index contributed by atoms with van der Waals surface area (Å²) in [5.41, 5.74) is 1.84. The molecule has 0 saturated heterocycles. The fourth-order valence-corrected chi connectivity index (χ4v) is 2.53. The van der Waals surface area contributed by atoms with E-state index in [1.165, 1.54) is 12.3 Å². The quantitative estimate of drug-likeness (QED) is 0.782. The first-order valence-corrected chi connectivity index (χ1v) is 8.15. The first-order valence-electron chi connectivity index (χ1n) is 7.27. The maximum absolute atomic E-state index is 11.8. The lowest BCUT2D eigenvalue weighted by atomic mass is 10.1. The van der Waals surface area contributed by atoms with Gasteiger partial charge in [-0.25, -0.2) is 9.78 Å². The van der Waals surface area contributed by atoms with Crippen LogP contribution in [-0.2, 0) is 20.7 Å². The molecule has 0 bridgehead atoms. The van der Waals surface area contributed by atoms with Crippen LogP contribution in [-0.4, -0.2) is 29.4 Å². The maximum atomic E-state index is 11.8. The van der Waals surface area contributed by atoms with Crippen LogP contribution >= 0.6 is 11.3 Å². The fourth-order valence-electron chi connectivity index (χ4n) is 1.80. The second-order valence-electron chi connectivity index (χ2n) is 4.89. The van der Waals surface area contributed by atoms with Gasteiger partial charge in [-0.2, -0.15) is 0 Å². The molecule has 0 aliphatic rings. The fraction of sp³-hybridized carbons (Fsp3) is 0.250. The minimum absolute atomic E-state index is 0.0452. The van der Waals surface area contributed by atoms with Crippen molar-refractivity contribution in [1.29, 1.82) is 0 Å². The van der Waals surface area contributed by atoms with Gasteiger partial charge in [-0.3, -0.25) is 9.59 Å². The van der Waals surface area contributed by atoms with E-state index < -0.39 is 18.5 Å². The molecular formula is C16H17N3O4S. The Hall–Kier alpha value is -2.74. The number of carbonyl (C=O) groups excluding carboxylic acids is 3.